The van der Waals surface area contributed by atoms with Crippen LogP contribution in [0.25, 0.3) is 0 Å². The normalized spacial score (nSPS) is 23.7. The standard InChI is InChI=1S/C13H18FN3O2/c14-10-8-9(17(18)19)6-7-12(10)16-13-5-3-1-2-4-11(13)15/h6-8,11,13,16H,1-5,15H2. The minimum absolute atomic E-state index is 0.00269. The monoisotopic (exact) mass is 267 g/mol. The number of nitro benzene ring substituents is 1. The van der Waals surface area contributed by atoms with Crippen LogP contribution in [0.5, 0.6) is 0 Å². The van der Waals surface area contributed by atoms with Crippen LogP contribution in [0.1, 0.15) is 32.1 Å². The molecule has 6 heteroatoms. The van der Waals surface area contributed by atoms with E-state index in [-0.39, 0.29) is 23.5 Å². The van der Waals surface area contributed by atoms with Gasteiger partial charge in [-0.25, -0.2) is 4.39 Å². The van der Waals surface area contributed by atoms with Crippen molar-refractivity contribution in [2.45, 2.75) is 44.2 Å². The maximum absolute atomic E-state index is 13.8. The third-order valence-corrected chi connectivity index (χ3v) is 3.57. The van der Waals surface area contributed by atoms with Gasteiger partial charge in [0.25, 0.3) is 5.69 Å². The summed E-state index contributed by atoms with van der Waals surface area (Å²) < 4.78 is 13.8. The fraction of sp³-hybridized carbons (Fsp3) is 0.538. The Hall–Kier alpha value is -1.69. The van der Waals surface area contributed by atoms with Gasteiger partial charge >= 0.3 is 0 Å². The molecule has 2 rings (SSSR count). The topological polar surface area (TPSA) is 81.2 Å². The Balaban J connectivity index is 2.11. The Morgan fingerprint density at radius 2 is 2.05 bits per heavy atom. The summed E-state index contributed by atoms with van der Waals surface area (Å²) in [5, 5.41) is 13.6. The Kier molecular flexibility index (Phi) is 4.31. The van der Waals surface area contributed by atoms with Gasteiger partial charge < -0.3 is 11.1 Å². The van der Waals surface area contributed by atoms with Crippen molar-refractivity contribution in [2.24, 2.45) is 5.73 Å². The van der Waals surface area contributed by atoms with Crippen molar-refractivity contribution >= 4 is 11.4 Å². The molecule has 3 N–H and O–H groups in total. The fourth-order valence-electron chi connectivity index (χ4n) is 2.45. The van der Waals surface area contributed by atoms with Gasteiger partial charge in [-0.05, 0) is 18.9 Å². The van der Waals surface area contributed by atoms with E-state index in [9.17, 15) is 14.5 Å². The zero-order chi connectivity index (χ0) is 13.8. The molecule has 1 saturated carbocycles. The zero-order valence-corrected chi connectivity index (χ0v) is 10.6. The molecule has 1 aromatic rings. The number of nitro groups is 1. The molecule has 0 aromatic heterocycles. The first kappa shape index (κ1) is 13.7. The number of non-ortho nitro benzene ring substituents is 1. The van der Waals surface area contributed by atoms with Crippen LogP contribution in [0.15, 0.2) is 18.2 Å². The number of nitrogens with one attached hydrogen (secondary N) is 1. The molecule has 1 aromatic carbocycles. The van der Waals surface area contributed by atoms with Crippen LogP contribution < -0.4 is 11.1 Å². The van der Waals surface area contributed by atoms with Gasteiger partial charge in [-0.15, -0.1) is 0 Å². The number of rotatable bonds is 3. The van der Waals surface area contributed by atoms with Gasteiger partial charge in [0.05, 0.1) is 16.7 Å². The molecule has 1 aliphatic rings. The molecule has 0 radical (unpaired) electrons. The summed E-state index contributed by atoms with van der Waals surface area (Å²) in [6.45, 7) is 0. The summed E-state index contributed by atoms with van der Waals surface area (Å²) in [4.78, 5) is 9.94. The first-order valence-electron chi connectivity index (χ1n) is 6.54. The molecule has 0 heterocycles. The smallest absolute Gasteiger partial charge is 0.272 e. The Bertz CT molecular complexity index is 467. The quantitative estimate of drug-likeness (QED) is 0.501. The molecule has 0 amide bonds. The van der Waals surface area contributed by atoms with Crippen LogP contribution in [0, 0.1) is 15.9 Å². The number of nitrogens with two attached hydrogens (primary N) is 1. The largest absolute Gasteiger partial charge is 0.378 e. The molecule has 0 saturated heterocycles. The predicted molar refractivity (Wildman–Crippen MR) is 71.5 cm³/mol. The summed E-state index contributed by atoms with van der Waals surface area (Å²) in [7, 11) is 0. The molecule has 0 bridgehead atoms. The molecule has 2 atom stereocenters. The molecule has 0 aliphatic heterocycles. The highest BCUT2D eigenvalue weighted by Gasteiger charge is 2.21. The summed E-state index contributed by atoms with van der Waals surface area (Å²) in [5.41, 5.74) is 6.10. The summed E-state index contributed by atoms with van der Waals surface area (Å²) >= 11 is 0. The Labute approximate surface area is 111 Å². The third-order valence-electron chi connectivity index (χ3n) is 3.57. The lowest BCUT2D eigenvalue weighted by atomic mass is 10.0. The number of anilines is 1. The van der Waals surface area contributed by atoms with Crippen LogP contribution in [-0.2, 0) is 0 Å². The molecule has 104 valence electrons. The lowest BCUT2D eigenvalue weighted by molar-refractivity contribution is -0.385. The van der Waals surface area contributed by atoms with E-state index >= 15 is 0 Å². The second-order valence-electron chi connectivity index (χ2n) is 4.97. The second kappa shape index (κ2) is 5.97. The van der Waals surface area contributed by atoms with Crippen molar-refractivity contribution < 1.29 is 9.31 Å². The highest BCUT2D eigenvalue weighted by Crippen LogP contribution is 2.24. The molecule has 0 spiro atoms. The third kappa shape index (κ3) is 3.41. The molecule has 1 fully saturated rings. The van der Waals surface area contributed by atoms with Gasteiger partial charge in [0.15, 0.2) is 5.82 Å². The number of hydrogen-bond acceptors (Lipinski definition) is 4. The highest BCUT2D eigenvalue weighted by atomic mass is 19.1. The van der Waals surface area contributed by atoms with Gasteiger partial charge in [0.2, 0.25) is 0 Å². The van der Waals surface area contributed by atoms with Gasteiger partial charge in [0, 0.05) is 18.2 Å². The minimum atomic E-state index is -0.607. The van der Waals surface area contributed by atoms with Crippen molar-refractivity contribution in [3.05, 3.63) is 34.1 Å². The van der Waals surface area contributed by atoms with Crippen molar-refractivity contribution in [3.8, 4) is 0 Å². The maximum atomic E-state index is 13.8. The van der Waals surface area contributed by atoms with E-state index in [4.69, 9.17) is 5.73 Å². The molecule has 2 unspecified atom stereocenters. The maximum Gasteiger partial charge on any atom is 0.272 e. The van der Waals surface area contributed by atoms with E-state index in [1.165, 1.54) is 12.1 Å². The number of nitrogens with zero attached hydrogens (tertiary/aromatic N) is 1. The number of halogens is 1. The van der Waals surface area contributed by atoms with Crippen LogP contribution >= 0.6 is 0 Å². The number of hydrogen-bond donors (Lipinski definition) is 2. The average molecular weight is 267 g/mol. The molecular formula is C13H18FN3O2. The van der Waals surface area contributed by atoms with E-state index < -0.39 is 10.7 Å². The molecular weight excluding hydrogens is 249 g/mol. The summed E-state index contributed by atoms with van der Waals surface area (Å²) in [5.74, 6) is -0.606. The van der Waals surface area contributed by atoms with Crippen LogP contribution in [-0.4, -0.2) is 17.0 Å². The summed E-state index contributed by atoms with van der Waals surface area (Å²) in [6, 6.07) is 3.67. The molecule has 19 heavy (non-hydrogen) atoms. The van der Waals surface area contributed by atoms with E-state index in [1.807, 2.05) is 0 Å². The van der Waals surface area contributed by atoms with E-state index in [0.29, 0.717) is 0 Å². The number of benzene rings is 1. The van der Waals surface area contributed by atoms with Crippen molar-refractivity contribution in [1.82, 2.24) is 0 Å². The lowest BCUT2D eigenvalue weighted by Gasteiger charge is -2.24. The van der Waals surface area contributed by atoms with Gasteiger partial charge in [-0.2, -0.15) is 0 Å². The van der Waals surface area contributed by atoms with Gasteiger partial charge in [-0.1, -0.05) is 19.3 Å². The van der Waals surface area contributed by atoms with Crippen molar-refractivity contribution in [3.63, 3.8) is 0 Å². The first-order chi connectivity index (χ1) is 9.08. The van der Waals surface area contributed by atoms with Crippen LogP contribution in [0.4, 0.5) is 15.8 Å². The second-order valence-corrected chi connectivity index (χ2v) is 4.97. The van der Waals surface area contributed by atoms with E-state index in [0.717, 1.165) is 38.2 Å². The van der Waals surface area contributed by atoms with E-state index in [2.05, 4.69) is 5.32 Å². The molecule has 5 nitrogen and oxygen atoms in total. The minimum Gasteiger partial charge on any atom is -0.378 e. The van der Waals surface area contributed by atoms with Crippen molar-refractivity contribution in [1.29, 1.82) is 0 Å². The Morgan fingerprint density at radius 1 is 1.32 bits per heavy atom. The highest BCUT2D eigenvalue weighted by molar-refractivity contribution is 5.51. The van der Waals surface area contributed by atoms with Crippen LogP contribution in [0.3, 0.4) is 0 Å². The van der Waals surface area contributed by atoms with Crippen molar-refractivity contribution in [2.75, 3.05) is 5.32 Å². The summed E-state index contributed by atoms with van der Waals surface area (Å²) in [6.07, 6.45) is 5.14. The van der Waals surface area contributed by atoms with Gasteiger partial charge in [-0.3, -0.25) is 10.1 Å². The molecule has 1 aliphatic carbocycles. The first-order valence-corrected chi connectivity index (χ1v) is 6.54. The van der Waals surface area contributed by atoms with Gasteiger partial charge in [0.1, 0.15) is 0 Å². The predicted octanol–water partition coefficient (Wildman–Crippen LogP) is 2.81. The average Bonchev–Trinajstić information content (AvgIpc) is 2.57. The fourth-order valence-corrected chi connectivity index (χ4v) is 2.45. The Morgan fingerprint density at radius 3 is 2.74 bits per heavy atom. The SMILES string of the molecule is NC1CCCCCC1Nc1ccc([N+](=O)[O-])cc1F. The lowest BCUT2D eigenvalue weighted by Crippen LogP contribution is -2.39. The van der Waals surface area contributed by atoms with Crippen LogP contribution in [0.2, 0.25) is 0 Å². The zero-order valence-electron chi connectivity index (χ0n) is 10.6. The van der Waals surface area contributed by atoms with E-state index in [1.54, 1.807) is 0 Å².